The van der Waals surface area contributed by atoms with E-state index in [1.165, 1.54) is 0 Å². The van der Waals surface area contributed by atoms with Gasteiger partial charge in [0, 0.05) is 65.0 Å². The van der Waals surface area contributed by atoms with Crippen LogP contribution in [0.2, 0.25) is 0 Å². The number of para-hydroxylation sites is 4. The highest BCUT2D eigenvalue weighted by atomic mass is 16.5. The molecule has 3 aliphatic heterocycles. The molecule has 0 unspecified atom stereocenters. The number of nitrogens with zero attached hydrogens (tertiary/aromatic N) is 4. The number of pyridine rings is 1. The molecule has 9 heteroatoms. The molecule has 2 radical (unpaired) electrons. The summed E-state index contributed by atoms with van der Waals surface area (Å²) < 4.78 is 45.5. The smallest absolute Gasteiger partial charge is 0.182 e. The molecule has 2 aromatic heterocycles. The lowest BCUT2D eigenvalue weighted by atomic mass is 9.63. The van der Waals surface area contributed by atoms with Crippen molar-refractivity contribution in [2.75, 3.05) is 16.5 Å². The summed E-state index contributed by atoms with van der Waals surface area (Å²) in [7, 11) is 4.31. The molecule has 0 fully saturated rings. The maximum absolute atomic E-state index is 9.44. The van der Waals surface area contributed by atoms with Crippen LogP contribution in [0.3, 0.4) is 0 Å². The van der Waals surface area contributed by atoms with Crippen LogP contribution < -0.4 is 25.2 Å². The van der Waals surface area contributed by atoms with E-state index in [9.17, 15) is 2.74 Å². The number of aromatic nitrogens is 2. The second kappa shape index (κ2) is 22.6. The third kappa shape index (κ3) is 10.0. The molecule has 0 spiro atoms. The number of fused-ring (bicyclic) bond motifs is 4. The van der Waals surface area contributed by atoms with Gasteiger partial charge >= 0.3 is 0 Å². The van der Waals surface area contributed by atoms with Crippen LogP contribution in [0.4, 0.5) is 22.7 Å². The minimum absolute atomic E-state index is 0.125. The summed E-state index contributed by atoms with van der Waals surface area (Å²) in [6.45, 7) is 2.67. The lowest BCUT2D eigenvalue weighted by Gasteiger charge is -2.32. The van der Waals surface area contributed by atoms with E-state index < -0.39 is 5.41 Å². The van der Waals surface area contributed by atoms with E-state index in [1.807, 2.05) is 151 Å². The molecule has 8 aromatic carbocycles. The Hall–Kier alpha value is -10.2. The summed E-state index contributed by atoms with van der Waals surface area (Å²) in [5.41, 5.74) is 13.6. The maximum Gasteiger partial charge on any atom is 0.182 e. The van der Waals surface area contributed by atoms with Crippen molar-refractivity contribution in [1.29, 1.82) is 0 Å². The Labute approximate surface area is 481 Å². The Morgan fingerprint density at radius 1 is 0.519 bits per heavy atom. The number of allylic oxidation sites excluding steroid dienone is 8. The highest BCUT2D eigenvalue weighted by Crippen LogP contribution is 2.50. The van der Waals surface area contributed by atoms with Crippen molar-refractivity contribution in [3.63, 3.8) is 0 Å². The molecule has 81 heavy (non-hydrogen) atoms. The Morgan fingerprint density at radius 2 is 1.14 bits per heavy atom. The summed E-state index contributed by atoms with van der Waals surface area (Å²) in [6, 6.07) is 61.4. The minimum atomic E-state index is -0.615. The quantitative estimate of drug-likeness (QED) is 0.126. The van der Waals surface area contributed by atoms with Crippen molar-refractivity contribution in [3.8, 4) is 28.4 Å². The molecule has 0 bridgehead atoms. The maximum atomic E-state index is 9.44. The minimum Gasteiger partial charge on any atom is -0.457 e. The zero-order chi connectivity index (χ0) is 57.9. The van der Waals surface area contributed by atoms with Gasteiger partial charge in [-0.1, -0.05) is 175 Å². The SMILES string of the molecule is [2H]c1c([2H])c([2H])c2c(c1[2H])c1ccc(Oc3cc(-c4ccccc4)cc(N4CN(c5c(/C6=C/C=C\N/C=C\C=C/[B]6)cccc5/C5=C/C=C\N/C=C\C=C/[B]5)c5ccccc54)c3)cc1n2-c1cc(C(C)(c2ccccc2)c2ccccc2)ccn1. The highest BCUT2D eigenvalue weighted by molar-refractivity contribution is 6.67. The number of anilines is 4. The Morgan fingerprint density at radius 3 is 1.81 bits per heavy atom. The van der Waals surface area contributed by atoms with Crippen molar-refractivity contribution in [2.45, 2.75) is 12.3 Å². The molecule has 0 aliphatic carbocycles. The van der Waals surface area contributed by atoms with Crippen LogP contribution in [0.25, 0.3) is 49.7 Å². The van der Waals surface area contributed by atoms with Gasteiger partial charge in [-0.15, -0.1) is 12.0 Å². The molecule has 10 aromatic rings. The van der Waals surface area contributed by atoms with Crippen LogP contribution in [-0.4, -0.2) is 30.8 Å². The van der Waals surface area contributed by atoms with Gasteiger partial charge in [0.15, 0.2) is 14.6 Å². The van der Waals surface area contributed by atoms with Crippen molar-refractivity contribution < 1.29 is 10.2 Å². The Kier molecular flexibility index (Phi) is 12.8. The van der Waals surface area contributed by atoms with E-state index in [0.717, 1.165) is 72.6 Å². The molecular formula is C72H56B2N6O. The third-order valence-corrected chi connectivity index (χ3v) is 15.2. The summed E-state index contributed by atoms with van der Waals surface area (Å²) in [5.74, 6) is 5.73. The van der Waals surface area contributed by atoms with Gasteiger partial charge in [-0.05, 0) is 125 Å². The van der Waals surface area contributed by atoms with Gasteiger partial charge in [0.05, 0.1) is 33.6 Å². The van der Waals surface area contributed by atoms with Crippen LogP contribution in [-0.2, 0) is 5.41 Å². The first kappa shape index (κ1) is 45.7. The van der Waals surface area contributed by atoms with Crippen molar-refractivity contribution >= 4 is 70.1 Å². The molecule has 3 aliphatic rings. The molecule has 386 valence electrons. The lowest BCUT2D eigenvalue weighted by Crippen LogP contribution is -2.26. The number of rotatable bonds is 11. The van der Waals surface area contributed by atoms with E-state index in [4.69, 9.17) is 12.5 Å². The fourth-order valence-corrected chi connectivity index (χ4v) is 11.2. The van der Waals surface area contributed by atoms with Crippen molar-refractivity contribution in [3.05, 3.63) is 326 Å². The van der Waals surface area contributed by atoms with Gasteiger partial charge < -0.3 is 25.2 Å². The number of nitrogens with one attached hydrogen (secondary N) is 2. The van der Waals surface area contributed by atoms with Crippen LogP contribution in [0.5, 0.6) is 11.5 Å². The second-order valence-corrected chi connectivity index (χ2v) is 20.0. The van der Waals surface area contributed by atoms with Crippen molar-refractivity contribution in [2.24, 2.45) is 0 Å². The third-order valence-electron chi connectivity index (χ3n) is 15.2. The molecule has 13 rings (SSSR count). The molecule has 0 saturated heterocycles. The average molecular weight is 1050 g/mol. The molecule has 2 N–H and O–H groups in total. The summed E-state index contributed by atoms with van der Waals surface area (Å²) >= 11 is 0. The number of ether oxygens (including phenoxy) is 1. The predicted octanol–water partition coefficient (Wildman–Crippen LogP) is 16.6. The molecular weight excluding hydrogens is 986 g/mol. The van der Waals surface area contributed by atoms with Crippen LogP contribution in [0, 0.1) is 0 Å². The van der Waals surface area contributed by atoms with Crippen LogP contribution in [0.1, 0.15) is 40.2 Å². The second-order valence-electron chi connectivity index (χ2n) is 20.0. The number of hydrogen-bond donors (Lipinski definition) is 2. The van der Waals surface area contributed by atoms with Gasteiger partial charge in [0.2, 0.25) is 0 Å². The van der Waals surface area contributed by atoms with Gasteiger partial charge in [-0.3, -0.25) is 4.57 Å². The van der Waals surface area contributed by atoms with Crippen LogP contribution in [0.15, 0.2) is 298 Å². The standard InChI is InChI=1S/C72H56B2N6O/c1-72(54-24-7-3-8-25-54,55-26-9-4-10-27-55)56-38-45-77-70(48-56)80-66-33-12-11-28-60(66)61-37-36-58(50-69(61)80)81-59-47-53(52-22-5-2-6-23-52)46-57(49-59)78-51-79(68-35-14-13-34-67(68)78)71-62(64-31-20-43-75-41-17-15-39-73-64)29-19-30-63(71)65-32-21-44-76-42-18-16-40-74-65/h2-50,75-76H,51H2,1H3/b39-15-,40-16-,41-17-,42-18-,43-20-,44-21-,64-31-,65-32-/i11D,12D,28D,33D. The predicted molar refractivity (Wildman–Crippen MR) is 340 cm³/mol. The van der Waals surface area contributed by atoms with Gasteiger partial charge in [0.1, 0.15) is 24.0 Å². The largest absolute Gasteiger partial charge is 0.457 e. The first-order valence-electron chi connectivity index (χ1n) is 29.1. The topological polar surface area (TPSA) is 57.6 Å². The highest BCUT2D eigenvalue weighted by Gasteiger charge is 2.34. The van der Waals surface area contributed by atoms with E-state index in [0.29, 0.717) is 45.8 Å². The summed E-state index contributed by atoms with van der Waals surface area (Å²) in [4.78, 5) is 9.75. The van der Waals surface area contributed by atoms with E-state index >= 15 is 0 Å². The number of hydrogen-bond acceptors (Lipinski definition) is 6. The zero-order valence-electron chi connectivity index (χ0n) is 48.5. The van der Waals surface area contributed by atoms with Crippen LogP contribution >= 0.6 is 0 Å². The first-order valence-corrected chi connectivity index (χ1v) is 27.1. The molecule has 0 atom stereocenters. The zero-order valence-corrected chi connectivity index (χ0v) is 44.5. The monoisotopic (exact) mass is 1050 g/mol. The molecule has 5 heterocycles. The average Bonchev–Trinajstić information content (AvgIpc) is 1.85. The summed E-state index contributed by atoms with van der Waals surface area (Å²) in [6.07, 6.45) is 25.8. The van der Waals surface area contributed by atoms with E-state index in [2.05, 4.69) is 163 Å². The normalized spacial score (nSPS) is 18.5. The fraction of sp³-hybridized carbons (Fsp3) is 0.0417. The Bertz CT molecular complexity index is 4350. The lowest BCUT2D eigenvalue weighted by molar-refractivity contribution is 0.483. The van der Waals surface area contributed by atoms with Crippen molar-refractivity contribution in [1.82, 2.24) is 20.2 Å². The number of benzene rings is 8. The summed E-state index contributed by atoms with van der Waals surface area (Å²) in [5, 5.41) is 7.51. The first-order chi connectivity index (χ1) is 41.7. The molecule has 0 saturated carbocycles. The molecule has 7 nitrogen and oxygen atoms in total. The van der Waals surface area contributed by atoms with E-state index in [1.54, 1.807) is 6.20 Å². The van der Waals surface area contributed by atoms with Gasteiger partial charge in [-0.25, -0.2) is 4.98 Å². The van der Waals surface area contributed by atoms with Gasteiger partial charge in [0.25, 0.3) is 0 Å². The Balaban J connectivity index is 0.952. The van der Waals surface area contributed by atoms with Gasteiger partial charge in [-0.2, -0.15) is 0 Å². The molecule has 0 amide bonds. The van der Waals surface area contributed by atoms with E-state index in [-0.39, 0.29) is 24.2 Å². The fourth-order valence-electron chi connectivity index (χ4n) is 11.2.